The molecule has 6 rings (SSSR count). The van der Waals surface area contributed by atoms with Gasteiger partial charge in [0, 0.05) is 62.6 Å². The molecule has 0 bridgehead atoms. The largest absolute Gasteiger partial charge is 0.442 e. The third-order valence-electron chi connectivity index (χ3n) is 9.21. The van der Waals surface area contributed by atoms with Crippen LogP contribution in [0.5, 0.6) is 0 Å². The molecule has 2 aromatic rings. The summed E-state index contributed by atoms with van der Waals surface area (Å²) in [5.41, 5.74) is 2.03. The third kappa shape index (κ3) is 6.75. The van der Waals surface area contributed by atoms with E-state index in [9.17, 15) is 9.59 Å². The van der Waals surface area contributed by atoms with E-state index in [2.05, 4.69) is 30.5 Å². The van der Waals surface area contributed by atoms with E-state index in [1.807, 2.05) is 40.7 Å². The second-order valence-electron chi connectivity index (χ2n) is 13.2. The second kappa shape index (κ2) is 12.7. The van der Waals surface area contributed by atoms with Gasteiger partial charge in [0.15, 0.2) is 5.65 Å². The molecule has 4 aliphatic rings. The lowest BCUT2D eigenvalue weighted by molar-refractivity contribution is -0.136. The zero-order valence-electron chi connectivity index (χ0n) is 25.9. The Hall–Kier alpha value is -3.38. The Labute approximate surface area is 253 Å². The van der Waals surface area contributed by atoms with Gasteiger partial charge in [-0.2, -0.15) is 9.61 Å². The highest BCUT2D eigenvalue weighted by atomic mass is 16.6. The highest BCUT2D eigenvalue weighted by molar-refractivity contribution is 5.88. The van der Waals surface area contributed by atoms with Crippen molar-refractivity contribution in [1.29, 1.82) is 0 Å². The maximum absolute atomic E-state index is 12.9. The number of likely N-dealkylation sites (N-methyl/N-ethyl adjacent to an activating group) is 1. The molecule has 1 saturated carbocycles. The summed E-state index contributed by atoms with van der Waals surface area (Å²) in [4.78, 5) is 35.7. The van der Waals surface area contributed by atoms with Crippen LogP contribution in [-0.2, 0) is 14.3 Å². The lowest BCUT2D eigenvalue weighted by Crippen LogP contribution is -2.55. The summed E-state index contributed by atoms with van der Waals surface area (Å²) in [6, 6.07) is 2.74. The van der Waals surface area contributed by atoms with Gasteiger partial charge in [-0.1, -0.05) is 19.9 Å². The molecule has 2 amide bonds. The molecule has 12 heteroatoms. The normalized spacial score (nSPS) is 24.7. The predicted molar refractivity (Wildman–Crippen MR) is 164 cm³/mol. The van der Waals surface area contributed by atoms with Crippen LogP contribution in [-0.4, -0.2) is 120 Å². The van der Waals surface area contributed by atoms with Crippen LogP contribution in [0.15, 0.2) is 24.4 Å². The number of hydrogen-bond donors (Lipinski definition) is 2. The Morgan fingerprint density at radius 2 is 1.79 bits per heavy atom. The molecule has 0 aromatic carbocycles. The molecule has 3 aliphatic heterocycles. The van der Waals surface area contributed by atoms with Crippen LogP contribution in [0.1, 0.15) is 51.0 Å². The Morgan fingerprint density at radius 1 is 1.07 bits per heavy atom. The highest BCUT2D eigenvalue weighted by Gasteiger charge is 2.44. The summed E-state index contributed by atoms with van der Waals surface area (Å²) in [6.45, 7) is 8.96. The van der Waals surface area contributed by atoms with Gasteiger partial charge in [-0.15, -0.1) is 0 Å². The van der Waals surface area contributed by atoms with Crippen LogP contribution in [0.3, 0.4) is 0 Å². The van der Waals surface area contributed by atoms with Gasteiger partial charge in [0.1, 0.15) is 17.7 Å². The van der Waals surface area contributed by atoms with Crippen molar-refractivity contribution in [1.82, 2.24) is 29.3 Å². The first-order chi connectivity index (χ1) is 20.7. The number of aromatic nitrogens is 3. The smallest absolute Gasteiger partial charge is 0.410 e. The van der Waals surface area contributed by atoms with Crippen LogP contribution in [0.4, 0.5) is 16.4 Å². The van der Waals surface area contributed by atoms with E-state index >= 15 is 0 Å². The van der Waals surface area contributed by atoms with Gasteiger partial charge in [-0.25, -0.2) is 9.78 Å². The first-order valence-corrected chi connectivity index (χ1v) is 15.8. The molecule has 3 saturated heterocycles. The van der Waals surface area contributed by atoms with E-state index in [1.165, 1.54) is 0 Å². The van der Waals surface area contributed by atoms with Crippen molar-refractivity contribution in [3.63, 3.8) is 0 Å². The van der Waals surface area contributed by atoms with Crippen molar-refractivity contribution >= 4 is 29.3 Å². The predicted octanol–water partition coefficient (Wildman–Crippen LogP) is 3.03. The number of likely N-dealkylation sites (tertiary alicyclic amines) is 2. The van der Waals surface area contributed by atoms with Gasteiger partial charge < -0.3 is 34.8 Å². The zero-order valence-corrected chi connectivity index (χ0v) is 25.9. The van der Waals surface area contributed by atoms with Crippen LogP contribution < -0.4 is 10.6 Å². The van der Waals surface area contributed by atoms with E-state index < -0.39 is 0 Å². The Balaban J connectivity index is 1.02. The molecule has 4 fully saturated rings. The number of fused-ring (bicyclic) bond motifs is 2. The standard InChI is InChI=1S/C31H46N8O4/c1-20(2)26-15-32-39-28(14-27(35-30(26)39)33-23-7-10-42-11-8-23)34-24-12-21-16-38(17-22(21)13-24)31(41)43-25-18-37(19-25)29(40)6-5-9-36(3)4/h5-6,14-15,20-25,34H,7-13,16-19H2,1-4H3,(H,33,35)/b6-5+. The average Bonchev–Trinajstić information content (AvgIpc) is 3.64. The highest BCUT2D eigenvalue weighted by Crippen LogP contribution is 2.40. The van der Waals surface area contributed by atoms with E-state index in [4.69, 9.17) is 19.6 Å². The number of hydrogen-bond acceptors (Lipinski definition) is 9. The van der Waals surface area contributed by atoms with Crippen LogP contribution in [0.25, 0.3) is 5.65 Å². The molecule has 2 aromatic heterocycles. The van der Waals surface area contributed by atoms with Crippen molar-refractivity contribution < 1.29 is 19.1 Å². The Kier molecular flexibility index (Phi) is 8.76. The van der Waals surface area contributed by atoms with Crippen molar-refractivity contribution in [2.75, 3.05) is 70.7 Å². The molecule has 43 heavy (non-hydrogen) atoms. The van der Waals surface area contributed by atoms with Crippen LogP contribution in [0, 0.1) is 11.8 Å². The molecular weight excluding hydrogens is 548 g/mol. The molecule has 1 aliphatic carbocycles. The van der Waals surface area contributed by atoms with Gasteiger partial charge in [-0.05, 0) is 57.5 Å². The molecule has 12 nitrogen and oxygen atoms in total. The van der Waals surface area contributed by atoms with Crippen molar-refractivity contribution in [3.8, 4) is 0 Å². The van der Waals surface area contributed by atoms with E-state index in [1.54, 1.807) is 11.0 Å². The third-order valence-corrected chi connectivity index (χ3v) is 9.21. The molecular formula is C31H46N8O4. The topological polar surface area (TPSA) is 117 Å². The monoisotopic (exact) mass is 594 g/mol. The summed E-state index contributed by atoms with van der Waals surface area (Å²) in [6.07, 6.45) is 8.83. The maximum Gasteiger partial charge on any atom is 0.410 e. The number of carbonyl (C=O) groups is 2. The number of carbonyl (C=O) groups excluding carboxylic acids is 2. The maximum atomic E-state index is 12.9. The first kappa shape index (κ1) is 29.7. The molecule has 234 valence electrons. The fourth-order valence-electron chi connectivity index (χ4n) is 6.77. The van der Waals surface area contributed by atoms with Gasteiger partial charge >= 0.3 is 6.09 Å². The second-order valence-corrected chi connectivity index (χ2v) is 13.2. The number of amides is 2. The number of rotatable bonds is 9. The summed E-state index contributed by atoms with van der Waals surface area (Å²) >= 11 is 0. The Bertz CT molecular complexity index is 1320. The van der Waals surface area contributed by atoms with E-state index in [-0.39, 0.29) is 18.1 Å². The first-order valence-electron chi connectivity index (χ1n) is 15.8. The number of anilines is 2. The average molecular weight is 595 g/mol. The molecule has 2 atom stereocenters. The molecule has 5 heterocycles. The minimum atomic E-state index is -0.253. The molecule has 0 radical (unpaired) electrons. The van der Waals surface area contributed by atoms with Crippen LogP contribution in [0.2, 0.25) is 0 Å². The lowest BCUT2D eigenvalue weighted by atomic mass is 10.0. The fourth-order valence-corrected chi connectivity index (χ4v) is 6.77. The van der Waals surface area contributed by atoms with Crippen LogP contribution >= 0.6 is 0 Å². The SMILES string of the molecule is CC(C)c1cnn2c(NC3CC4CN(C(=O)OC5CN(C(=O)/C=C/CN(C)C)C5)CC4C3)cc(NC3CCOCC3)nc12. The fraction of sp³-hybridized carbons (Fsp3) is 0.677. The molecule has 2 N–H and O–H groups in total. The van der Waals surface area contributed by atoms with Crippen molar-refractivity contribution in [2.45, 2.75) is 63.6 Å². The number of ether oxygens (including phenoxy) is 2. The van der Waals surface area contributed by atoms with Crippen molar-refractivity contribution in [2.24, 2.45) is 11.8 Å². The minimum Gasteiger partial charge on any atom is -0.442 e. The molecule has 0 spiro atoms. The Morgan fingerprint density at radius 3 is 2.47 bits per heavy atom. The summed E-state index contributed by atoms with van der Waals surface area (Å²) in [5.74, 6) is 2.99. The zero-order chi connectivity index (χ0) is 30.1. The lowest BCUT2D eigenvalue weighted by Gasteiger charge is -2.38. The summed E-state index contributed by atoms with van der Waals surface area (Å²) < 4.78 is 13.2. The number of nitrogens with one attached hydrogen (secondary N) is 2. The van der Waals surface area contributed by atoms with Gasteiger partial charge in [0.05, 0.1) is 19.3 Å². The quantitative estimate of drug-likeness (QED) is 0.423. The van der Waals surface area contributed by atoms with Gasteiger partial charge in [0.2, 0.25) is 5.91 Å². The van der Waals surface area contributed by atoms with Gasteiger partial charge in [-0.3, -0.25) is 4.79 Å². The minimum absolute atomic E-state index is 0.0306. The summed E-state index contributed by atoms with van der Waals surface area (Å²) in [5, 5.41) is 12.1. The van der Waals surface area contributed by atoms with Crippen molar-refractivity contribution in [3.05, 3.63) is 30.0 Å². The molecule has 2 unspecified atom stereocenters. The summed E-state index contributed by atoms with van der Waals surface area (Å²) in [7, 11) is 3.92. The van der Waals surface area contributed by atoms with Gasteiger partial charge in [0.25, 0.3) is 0 Å². The van der Waals surface area contributed by atoms with E-state index in [0.29, 0.717) is 56.0 Å². The van der Waals surface area contributed by atoms with E-state index in [0.717, 1.165) is 68.3 Å². The number of nitrogens with zero attached hydrogens (tertiary/aromatic N) is 6.